The third-order valence-electron chi connectivity index (χ3n) is 8.81. The molecule has 5 rings (SSSR count). The maximum Gasteiger partial charge on any atom is 0.339 e. The number of ketones is 1. The third kappa shape index (κ3) is 2.23. The average Bonchev–Trinajstić information content (AvgIpc) is 3.02. The van der Waals surface area contributed by atoms with Crippen LogP contribution in [-0.4, -0.2) is 45.6 Å². The number of carboxylic acids is 1. The predicted molar refractivity (Wildman–Crippen MR) is 104 cm³/mol. The highest BCUT2D eigenvalue weighted by Crippen LogP contribution is 2.70. The number of hydrogen-bond donors (Lipinski definition) is 2. The normalized spacial score (nSPS) is 52.2. The van der Waals surface area contributed by atoms with Crippen molar-refractivity contribution in [1.29, 1.82) is 0 Å². The molecule has 1 unspecified atom stereocenters. The zero-order valence-corrected chi connectivity index (χ0v) is 17.5. The van der Waals surface area contributed by atoms with Crippen LogP contribution in [0.4, 0.5) is 0 Å². The van der Waals surface area contributed by atoms with Crippen molar-refractivity contribution in [2.24, 2.45) is 28.6 Å². The van der Waals surface area contributed by atoms with Crippen LogP contribution in [-0.2, 0) is 19.1 Å². The van der Waals surface area contributed by atoms with Gasteiger partial charge in [-0.1, -0.05) is 25.5 Å². The minimum absolute atomic E-state index is 0.00956. The quantitative estimate of drug-likeness (QED) is 0.701. The molecule has 4 aliphatic carbocycles. The van der Waals surface area contributed by atoms with Gasteiger partial charge in [-0.25, -0.2) is 4.79 Å². The van der Waals surface area contributed by atoms with E-state index in [0.717, 1.165) is 18.4 Å². The molecule has 0 aromatic rings. The van der Waals surface area contributed by atoms with E-state index in [9.17, 15) is 19.8 Å². The van der Waals surface area contributed by atoms with Crippen molar-refractivity contribution in [3.8, 4) is 0 Å². The number of aliphatic hydroxyl groups excluding tert-OH is 1. The molecule has 29 heavy (non-hydrogen) atoms. The Morgan fingerprint density at radius 1 is 1.24 bits per heavy atom. The lowest BCUT2D eigenvalue weighted by atomic mass is 9.46. The van der Waals surface area contributed by atoms with E-state index in [0.29, 0.717) is 12.8 Å². The first kappa shape index (κ1) is 19.5. The van der Waals surface area contributed by atoms with Gasteiger partial charge < -0.3 is 19.7 Å². The molecule has 0 bridgehead atoms. The molecule has 4 fully saturated rings. The van der Waals surface area contributed by atoms with Gasteiger partial charge in [0, 0.05) is 16.7 Å². The Morgan fingerprint density at radius 3 is 2.66 bits per heavy atom. The predicted octanol–water partition coefficient (Wildman–Crippen LogP) is 2.85. The third-order valence-corrected chi connectivity index (χ3v) is 8.81. The molecular formula is C23H30O6. The highest BCUT2D eigenvalue weighted by molar-refractivity contribution is 6.01. The fourth-order valence-corrected chi connectivity index (χ4v) is 7.79. The molecule has 2 N–H and O–H groups in total. The summed E-state index contributed by atoms with van der Waals surface area (Å²) in [6.45, 7) is 7.62. The summed E-state index contributed by atoms with van der Waals surface area (Å²) in [6, 6.07) is 0. The van der Waals surface area contributed by atoms with Gasteiger partial charge in [0.25, 0.3) is 0 Å². The number of allylic oxidation sites excluding steroid dienone is 4. The summed E-state index contributed by atoms with van der Waals surface area (Å²) >= 11 is 0. The summed E-state index contributed by atoms with van der Waals surface area (Å²) in [4.78, 5) is 24.5. The molecule has 6 heteroatoms. The number of rotatable bonds is 1. The van der Waals surface area contributed by atoms with Gasteiger partial charge in [0.2, 0.25) is 0 Å². The van der Waals surface area contributed by atoms with Crippen molar-refractivity contribution in [1.82, 2.24) is 0 Å². The molecule has 8 atom stereocenters. The van der Waals surface area contributed by atoms with Crippen LogP contribution in [0, 0.1) is 28.6 Å². The Balaban J connectivity index is 1.59. The van der Waals surface area contributed by atoms with Crippen LogP contribution in [0.15, 0.2) is 23.8 Å². The smallest absolute Gasteiger partial charge is 0.339 e. The van der Waals surface area contributed by atoms with Crippen LogP contribution in [0.25, 0.3) is 0 Å². The number of carboxylic acid groups (broad SMARTS) is 1. The molecule has 1 saturated heterocycles. The molecule has 6 nitrogen and oxygen atoms in total. The van der Waals surface area contributed by atoms with Crippen molar-refractivity contribution in [3.05, 3.63) is 23.8 Å². The van der Waals surface area contributed by atoms with Crippen molar-refractivity contribution < 1.29 is 29.3 Å². The van der Waals surface area contributed by atoms with Gasteiger partial charge in [-0.15, -0.1) is 0 Å². The van der Waals surface area contributed by atoms with Gasteiger partial charge in [0.15, 0.2) is 17.2 Å². The van der Waals surface area contributed by atoms with E-state index >= 15 is 0 Å². The summed E-state index contributed by atoms with van der Waals surface area (Å²) < 4.78 is 12.3. The maximum atomic E-state index is 12.6. The average molecular weight is 402 g/mol. The van der Waals surface area contributed by atoms with Gasteiger partial charge >= 0.3 is 5.97 Å². The second kappa shape index (κ2) is 5.59. The Kier molecular flexibility index (Phi) is 3.75. The summed E-state index contributed by atoms with van der Waals surface area (Å²) in [5, 5.41) is 21.7. The highest BCUT2D eigenvalue weighted by atomic mass is 16.8. The number of aliphatic carboxylic acids is 1. The summed E-state index contributed by atoms with van der Waals surface area (Å²) in [6.07, 6.45) is 6.73. The van der Waals surface area contributed by atoms with Crippen LogP contribution in [0.1, 0.15) is 53.4 Å². The maximum absolute atomic E-state index is 12.6. The fourth-order valence-electron chi connectivity index (χ4n) is 7.79. The van der Waals surface area contributed by atoms with E-state index in [4.69, 9.17) is 9.47 Å². The molecule has 0 amide bonds. The fraction of sp³-hybridized carbons (Fsp3) is 0.739. The Morgan fingerprint density at radius 2 is 1.97 bits per heavy atom. The van der Waals surface area contributed by atoms with Gasteiger partial charge in [0.05, 0.1) is 6.10 Å². The van der Waals surface area contributed by atoms with E-state index < -0.39 is 35.0 Å². The van der Waals surface area contributed by atoms with Crippen LogP contribution in [0.5, 0.6) is 0 Å². The molecule has 5 aliphatic rings. The minimum Gasteiger partial charge on any atom is -0.479 e. The lowest BCUT2D eigenvalue weighted by Gasteiger charge is -2.59. The molecule has 3 saturated carbocycles. The zero-order chi connectivity index (χ0) is 21.0. The van der Waals surface area contributed by atoms with Crippen molar-refractivity contribution >= 4 is 11.8 Å². The first-order chi connectivity index (χ1) is 13.4. The van der Waals surface area contributed by atoms with Crippen LogP contribution in [0.3, 0.4) is 0 Å². The number of fused-ring (bicyclic) bond motifs is 7. The summed E-state index contributed by atoms with van der Waals surface area (Å²) in [5.74, 6) is -1.74. The number of carbonyl (C=O) groups is 2. The van der Waals surface area contributed by atoms with E-state index in [1.807, 2.05) is 13.0 Å². The van der Waals surface area contributed by atoms with Gasteiger partial charge in [-0.2, -0.15) is 0 Å². The van der Waals surface area contributed by atoms with Crippen LogP contribution < -0.4 is 0 Å². The lowest BCUT2D eigenvalue weighted by molar-refractivity contribution is -0.232. The molecule has 1 aliphatic heterocycles. The Hall–Kier alpha value is -1.50. The van der Waals surface area contributed by atoms with Gasteiger partial charge in [0.1, 0.15) is 6.10 Å². The van der Waals surface area contributed by atoms with Gasteiger partial charge in [-0.3, -0.25) is 4.79 Å². The summed E-state index contributed by atoms with van der Waals surface area (Å²) in [5.41, 5.74) is -1.44. The monoisotopic (exact) mass is 402 g/mol. The standard InChI is InChI=1S/C23H30O6/c1-20(2)28-17-10-15-14-6-5-12-9-13(24)7-8-21(12,3)18(14)16(25)11-22(15,4)23(17,29-20)19(26)27/h7-9,14-18,25H,5-6,10-11H2,1-4H3,(H,26,27)/t14-,15?,16-,17+,18+,21-,22-,23-/m0/s1. The van der Waals surface area contributed by atoms with E-state index in [2.05, 4.69) is 6.92 Å². The van der Waals surface area contributed by atoms with Crippen molar-refractivity contribution in [2.45, 2.75) is 77.0 Å². The van der Waals surface area contributed by atoms with E-state index in [1.54, 1.807) is 26.0 Å². The zero-order valence-electron chi connectivity index (χ0n) is 17.5. The van der Waals surface area contributed by atoms with E-state index in [1.165, 1.54) is 0 Å². The van der Waals surface area contributed by atoms with Crippen molar-refractivity contribution in [2.75, 3.05) is 0 Å². The number of aliphatic hydroxyl groups is 1. The molecule has 0 spiro atoms. The lowest BCUT2D eigenvalue weighted by Crippen LogP contribution is -2.63. The Bertz CT molecular complexity index is 857. The Labute approximate surface area is 170 Å². The van der Waals surface area contributed by atoms with Crippen LogP contribution >= 0.6 is 0 Å². The first-order valence-corrected chi connectivity index (χ1v) is 10.7. The SMILES string of the molecule is CC1(C)O[C@@H]2CC3[C@@H]4CCC5=CC(=O)C=C[C@]5(C)[C@H]4[C@@H](O)C[C@]3(C)[C@]2(C(=O)O)O1. The van der Waals surface area contributed by atoms with Gasteiger partial charge in [-0.05, 0) is 63.5 Å². The second-order valence-corrected chi connectivity index (χ2v) is 10.6. The molecule has 1 heterocycles. The molecular weight excluding hydrogens is 372 g/mol. The van der Waals surface area contributed by atoms with Crippen LogP contribution in [0.2, 0.25) is 0 Å². The molecule has 0 aromatic carbocycles. The first-order valence-electron chi connectivity index (χ1n) is 10.7. The number of ether oxygens (including phenoxy) is 2. The van der Waals surface area contributed by atoms with Crippen molar-refractivity contribution in [3.63, 3.8) is 0 Å². The molecule has 0 aromatic heterocycles. The number of carbonyl (C=O) groups excluding carboxylic acids is 1. The highest BCUT2D eigenvalue weighted by Gasteiger charge is 2.77. The largest absolute Gasteiger partial charge is 0.479 e. The molecule has 0 radical (unpaired) electrons. The minimum atomic E-state index is -1.44. The number of hydrogen-bond acceptors (Lipinski definition) is 5. The molecule has 158 valence electrons. The summed E-state index contributed by atoms with van der Waals surface area (Å²) in [7, 11) is 0. The second-order valence-electron chi connectivity index (χ2n) is 10.6. The topological polar surface area (TPSA) is 93.1 Å². The van der Waals surface area contributed by atoms with E-state index in [-0.39, 0.29) is 29.0 Å².